The van der Waals surface area contributed by atoms with E-state index in [1.54, 1.807) is 18.4 Å². The molecule has 0 aliphatic carbocycles. The van der Waals surface area contributed by atoms with E-state index >= 15 is 0 Å². The molecule has 1 aliphatic rings. The second-order valence-corrected chi connectivity index (χ2v) is 7.56. The third-order valence-electron chi connectivity index (χ3n) is 4.67. The van der Waals surface area contributed by atoms with Crippen LogP contribution in [0.5, 0.6) is 5.75 Å². The summed E-state index contributed by atoms with van der Waals surface area (Å²) in [5.74, 6) is 0.826. The highest BCUT2D eigenvalue weighted by Gasteiger charge is 2.19. The number of aromatic nitrogens is 1. The van der Waals surface area contributed by atoms with Crippen LogP contribution in [-0.4, -0.2) is 12.1 Å². The minimum atomic E-state index is 0.606. The van der Waals surface area contributed by atoms with Gasteiger partial charge in [0.2, 0.25) is 0 Å². The Bertz CT molecular complexity index is 1120. The molecule has 0 N–H and O–H groups in total. The molecule has 28 heavy (non-hydrogen) atoms. The lowest BCUT2D eigenvalue weighted by atomic mass is 10.0. The highest BCUT2D eigenvalue weighted by Crippen LogP contribution is 2.35. The molecule has 0 bridgehead atoms. The van der Waals surface area contributed by atoms with Gasteiger partial charge in [-0.25, -0.2) is 4.98 Å². The van der Waals surface area contributed by atoms with Crippen molar-refractivity contribution in [2.75, 3.05) is 12.0 Å². The maximum absolute atomic E-state index is 9.84. The van der Waals surface area contributed by atoms with E-state index in [9.17, 15) is 5.26 Å². The Balaban J connectivity index is 1.76. The maximum Gasteiger partial charge on any atom is 0.135 e. The molecule has 0 saturated heterocycles. The SMILES string of the molecule is COc1ccc(N2C(C)=CC(=C(C#N)c3nc4ccccc4s3)C=C2C)cc1. The van der Waals surface area contributed by atoms with Gasteiger partial charge >= 0.3 is 0 Å². The number of nitriles is 1. The van der Waals surface area contributed by atoms with Crippen LogP contribution in [-0.2, 0) is 0 Å². The van der Waals surface area contributed by atoms with Gasteiger partial charge < -0.3 is 9.64 Å². The van der Waals surface area contributed by atoms with Crippen molar-refractivity contribution in [1.29, 1.82) is 5.26 Å². The minimum Gasteiger partial charge on any atom is -0.497 e. The zero-order chi connectivity index (χ0) is 19.7. The fraction of sp³-hybridized carbons (Fsp3) is 0.130. The van der Waals surface area contributed by atoms with Crippen LogP contribution in [0.4, 0.5) is 5.69 Å². The molecule has 0 radical (unpaired) electrons. The zero-order valence-corrected chi connectivity index (χ0v) is 16.7. The summed E-state index contributed by atoms with van der Waals surface area (Å²) in [7, 11) is 1.66. The van der Waals surface area contributed by atoms with Gasteiger partial charge in [-0.05, 0) is 68.0 Å². The van der Waals surface area contributed by atoms with Crippen molar-refractivity contribution in [1.82, 2.24) is 4.98 Å². The first kappa shape index (κ1) is 18.0. The first-order valence-corrected chi connectivity index (χ1v) is 9.73. The fourth-order valence-corrected chi connectivity index (χ4v) is 4.38. The van der Waals surface area contributed by atoms with Gasteiger partial charge in [0.15, 0.2) is 0 Å². The fourth-order valence-electron chi connectivity index (χ4n) is 3.40. The highest BCUT2D eigenvalue weighted by atomic mass is 32.1. The molecule has 2 aromatic carbocycles. The third kappa shape index (κ3) is 3.19. The molecule has 5 heteroatoms. The van der Waals surface area contributed by atoms with Crippen molar-refractivity contribution < 1.29 is 4.74 Å². The maximum atomic E-state index is 9.84. The smallest absolute Gasteiger partial charge is 0.135 e. The summed E-state index contributed by atoms with van der Waals surface area (Å²) in [6, 6.07) is 18.3. The summed E-state index contributed by atoms with van der Waals surface area (Å²) >= 11 is 1.55. The van der Waals surface area contributed by atoms with E-state index in [2.05, 4.69) is 16.0 Å². The molecule has 3 aromatic rings. The Kier molecular flexibility index (Phi) is 4.72. The van der Waals surface area contributed by atoms with Crippen LogP contribution >= 0.6 is 11.3 Å². The summed E-state index contributed by atoms with van der Waals surface area (Å²) in [6.45, 7) is 4.10. The summed E-state index contributed by atoms with van der Waals surface area (Å²) in [6.07, 6.45) is 4.09. The molecule has 138 valence electrons. The van der Waals surface area contributed by atoms with Crippen LogP contribution in [0.2, 0.25) is 0 Å². The minimum absolute atomic E-state index is 0.606. The first-order valence-electron chi connectivity index (χ1n) is 8.92. The van der Waals surface area contributed by atoms with Crippen molar-refractivity contribution in [2.45, 2.75) is 13.8 Å². The Morgan fingerprint density at radius 2 is 1.71 bits per heavy atom. The predicted molar refractivity (Wildman–Crippen MR) is 115 cm³/mol. The summed E-state index contributed by atoms with van der Waals surface area (Å²) in [4.78, 5) is 6.82. The number of allylic oxidation sites excluding steroid dienone is 6. The normalized spacial score (nSPS) is 13.8. The number of anilines is 1. The number of hydrogen-bond acceptors (Lipinski definition) is 5. The van der Waals surface area contributed by atoms with Gasteiger partial charge in [0.25, 0.3) is 0 Å². The standard InChI is InChI=1S/C23H19N3OS/c1-15-12-17(13-16(2)26(15)18-8-10-19(27-3)11-9-18)20(14-24)23-25-21-6-4-5-7-22(21)28-23/h4-13H,1-3H3. The molecule has 0 atom stereocenters. The van der Waals surface area contributed by atoms with Crippen molar-refractivity contribution in [3.05, 3.63) is 82.7 Å². The van der Waals surface area contributed by atoms with E-state index in [-0.39, 0.29) is 0 Å². The number of ether oxygens (including phenoxy) is 1. The molecule has 4 nitrogen and oxygen atoms in total. The lowest BCUT2D eigenvalue weighted by molar-refractivity contribution is 0.415. The van der Waals surface area contributed by atoms with Gasteiger partial charge in [0.1, 0.15) is 16.8 Å². The van der Waals surface area contributed by atoms with Crippen LogP contribution in [0.25, 0.3) is 15.8 Å². The molecule has 0 spiro atoms. The van der Waals surface area contributed by atoms with Gasteiger partial charge in [0, 0.05) is 17.1 Å². The predicted octanol–water partition coefficient (Wildman–Crippen LogP) is 5.91. The van der Waals surface area contributed by atoms with Gasteiger partial charge in [-0.3, -0.25) is 0 Å². The quantitative estimate of drug-likeness (QED) is 0.526. The van der Waals surface area contributed by atoms with E-state index in [1.807, 2.05) is 74.5 Å². The van der Waals surface area contributed by atoms with Gasteiger partial charge in [-0.1, -0.05) is 12.1 Å². The number of benzene rings is 2. The molecule has 1 aliphatic heterocycles. The van der Waals surface area contributed by atoms with Gasteiger partial charge in [-0.2, -0.15) is 5.26 Å². The molecule has 1 aromatic heterocycles. The second-order valence-electron chi connectivity index (χ2n) is 6.53. The number of nitrogens with zero attached hydrogens (tertiary/aromatic N) is 3. The Morgan fingerprint density at radius 3 is 2.32 bits per heavy atom. The lowest BCUT2D eigenvalue weighted by Gasteiger charge is -2.30. The Morgan fingerprint density at radius 1 is 1.04 bits per heavy atom. The lowest BCUT2D eigenvalue weighted by Crippen LogP contribution is -2.21. The second kappa shape index (κ2) is 7.34. The highest BCUT2D eigenvalue weighted by molar-refractivity contribution is 7.19. The van der Waals surface area contributed by atoms with Crippen LogP contribution in [0.3, 0.4) is 0 Å². The average molecular weight is 385 g/mol. The number of rotatable bonds is 3. The average Bonchev–Trinajstić information content (AvgIpc) is 3.12. The first-order chi connectivity index (χ1) is 13.6. The molecule has 4 rings (SSSR count). The summed E-state index contributed by atoms with van der Waals surface area (Å²) in [5, 5.41) is 10.6. The van der Waals surface area contributed by atoms with E-state index < -0.39 is 0 Å². The van der Waals surface area contributed by atoms with Crippen molar-refractivity contribution in [3.8, 4) is 11.8 Å². The van der Waals surface area contributed by atoms with Crippen molar-refractivity contribution >= 4 is 32.8 Å². The largest absolute Gasteiger partial charge is 0.497 e. The molecule has 0 saturated carbocycles. The van der Waals surface area contributed by atoms with E-state index in [0.29, 0.717) is 5.57 Å². The van der Waals surface area contributed by atoms with E-state index in [0.717, 1.165) is 43.6 Å². The molecule has 2 heterocycles. The van der Waals surface area contributed by atoms with Crippen LogP contribution < -0.4 is 9.64 Å². The number of methoxy groups -OCH3 is 1. The molecular formula is C23H19N3OS. The van der Waals surface area contributed by atoms with Crippen LogP contribution in [0.1, 0.15) is 18.9 Å². The molecule has 0 amide bonds. The van der Waals surface area contributed by atoms with E-state index in [1.165, 1.54) is 0 Å². The summed E-state index contributed by atoms with van der Waals surface area (Å²) < 4.78 is 6.34. The molecule has 0 unspecified atom stereocenters. The third-order valence-corrected chi connectivity index (χ3v) is 5.73. The van der Waals surface area contributed by atoms with Gasteiger partial charge in [-0.15, -0.1) is 11.3 Å². The molecular weight excluding hydrogens is 366 g/mol. The van der Waals surface area contributed by atoms with E-state index in [4.69, 9.17) is 4.74 Å². The number of thiazole rings is 1. The van der Waals surface area contributed by atoms with Crippen molar-refractivity contribution in [3.63, 3.8) is 0 Å². The summed E-state index contributed by atoms with van der Waals surface area (Å²) in [5.41, 5.74) is 5.58. The number of hydrogen-bond donors (Lipinski definition) is 0. The number of para-hydroxylation sites is 1. The van der Waals surface area contributed by atoms with Gasteiger partial charge in [0.05, 0.1) is 22.9 Å². The topological polar surface area (TPSA) is 49.1 Å². The van der Waals surface area contributed by atoms with Crippen molar-refractivity contribution in [2.24, 2.45) is 0 Å². The van der Waals surface area contributed by atoms with Crippen LogP contribution in [0, 0.1) is 11.3 Å². The Labute approximate surface area is 168 Å². The Hall–Kier alpha value is -3.36. The zero-order valence-electron chi connectivity index (χ0n) is 15.9. The number of fused-ring (bicyclic) bond motifs is 1. The monoisotopic (exact) mass is 385 g/mol. The molecule has 0 fully saturated rings. The van der Waals surface area contributed by atoms with Crippen LogP contribution in [0.15, 0.2) is 77.7 Å².